The normalized spacial score (nSPS) is 17.0. The molecule has 0 unspecified atom stereocenters. The van der Waals surface area contributed by atoms with Gasteiger partial charge in [-0.2, -0.15) is 0 Å². The highest BCUT2D eigenvalue weighted by Crippen LogP contribution is 2.21. The van der Waals surface area contributed by atoms with Gasteiger partial charge in [0.1, 0.15) is 0 Å². The number of nitrogens with one attached hydrogen (secondary N) is 3. The zero-order valence-electron chi connectivity index (χ0n) is 16.2. The minimum absolute atomic E-state index is 0.0255. The van der Waals surface area contributed by atoms with E-state index in [1.807, 2.05) is 20.8 Å². The van der Waals surface area contributed by atoms with Crippen molar-refractivity contribution < 1.29 is 4.79 Å². The average molecular weight is 340 g/mol. The second-order valence-corrected chi connectivity index (χ2v) is 7.78. The topological polar surface area (TPSA) is 68.8 Å². The Kier molecular flexibility index (Phi) is 9.11. The number of guanidine groups is 1. The van der Waals surface area contributed by atoms with Crippen LogP contribution < -0.4 is 16.0 Å². The molecule has 1 fully saturated rings. The third kappa shape index (κ3) is 9.11. The largest absolute Gasteiger partial charge is 0.356 e. The molecule has 0 aliphatic heterocycles. The van der Waals surface area contributed by atoms with Crippen molar-refractivity contribution in [3.05, 3.63) is 0 Å². The van der Waals surface area contributed by atoms with E-state index in [2.05, 4.69) is 32.9 Å². The first-order valence-corrected chi connectivity index (χ1v) is 9.27. The lowest BCUT2D eigenvalue weighted by Gasteiger charge is -2.31. The Hall–Kier alpha value is -1.30. The minimum atomic E-state index is -0.209. The summed E-state index contributed by atoms with van der Waals surface area (Å²) in [5, 5.41) is 9.26. The van der Waals surface area contributed by atoms with Gasteiger partial charge in [0.2, 0.25) is 5.91 Å². The van der Waals surface area contributed by atoms with Gasteiger partial charge in [-0.25, -0.2) is 0 Å². The summed E-state index contributed by atoms with van der Waals surface area (Å²) in [5.41, 5.74) is -0.209. The molecule has 0 spiro atoms. The fourth-order valence-electron chi connectivity index (χ4n) is 3.09. The molecule has 24 heavy (non-hydrogen) atoms. The lowest BCUT2D eigenvalue weighted by molar-refractivity contribution is -0.121. The molecule has 1 amide bonds. The van der Waals surface area contributed by atoms with Gasteiger partial charge < -0.3 is 20.9 Å². The number of nitrogens with zero attached hydrogens (tertiary/aromatic N) is 2. The van der Waals surface area contributed by atoms with Crippen molar-refractivity contribution in [3.63, 3.8) is 0 Å². The van der Waals surface area contributed by atoms with Gasteiger partial charge in [0, 0.05) is 25.2 Å². The van der Waals surface area contributed by atoms with Gasteiger partial charge in [0.15, 0.2) is 5.96 Å². The lowest BCUT2D eigenvalue weighted by atomic mass is 9.94. The van der Waals surface area contributed by atoms with Gasteiger partial charge in [-0.05, 0) is 53.6 Å². The summed E-state index contributed by atoms with van der Waals surface area (Å²) < 4.78 is 0. The van der Waals surface area contributed by atoms with Crippen LogP contribution in [0.15, 0.2) is 4.99 Å². The molecule has 3 N–H and O–H groups in total. The predicted octanol–water partition coefficient (Wildman–Crippen LogP) is 1.72. The van der Waals surface area contributed by atoms with E-state index in [4.69, 9.17) is 0 Å². The molecular weight excluding hydrogens is 302 g/mol. The molecule has 0 saturated heterocycles. The van der Waals surface area contributed by atoms with Crippen LogP contribution in [0.2, 0.25) is 0 Å². The number of hydrogen-bond acceptors (Lipinski definition) is 3. The van der Waals surface area contributed by atoms with Crippen molar-refractivity contribution in [2.75, 3.05) is 33.7 Å². The summed E-state index contributed by atoms with van der Waals surface area (Å²) in [6.07, 6.45) is 7.91. The fourth-order valence-corrected chi connectivity index (χ4v) is 3.09. The van der Waals surface area contributed by atoms with Crippen molar-refractivity contribution in [1.29, 1.82) is 0 Å². The van der Waals surface area contributed by atoms with Gasteiger partial charge in [-0.15, -0.1) is 0 Å². The van der Waals surface area contributed by atoms with E-state index in [9.17, 15) is 4.79 Å². The molecule has 1 aliphatic carbocycles. The molecule has 1 saturated carbocycles. The Labute approximate surface area is 147 Å². The van der Waals surface area contributed by atoms with Crippen LogP contribution in [0.3, 0.4) is 0 Å². The Morgan fingerprint density at radius 3 is 2.42 bits per heavy atom. The molecule has 1 rings (SSSR count). The van der Waals surface area contributed by atoms with Crippen LogP contribution in [0.1, 0.15) is 59.3 Å². The number of rotatable bonds is 7. The van der Waals surface area contributed by atoms with E-state index in [0.717, 1.165) is 25.6 Å². The zero-order chi connectivity index (χ0) is 18.0. The van der Waals surface area contributed by atoms with Crippen molar-refractivity contribution in [3.8, 4) is 0 Å². The number of carbonyl (C=O) groups is 1. The molecule has 0 atom stereocenters. The number of carbonyl (C=O) groups excluding carboxylic acids is 1. The van der Waals surface area contributed by atoms with Crippen molar-refractivity contribution in [1.82, 2.24) is 20.9 Å². The fraction of sp³-hybridized carbons (Fsp3) is 0.889. The first-order valence-electron chi connectivity index (χ1n) is 9.27. The van der Waals surface area contributed by atoms with Crippen molar-refractivity contribution >= 4 is 11.9 Å². The lowest BCUT2D eigenvalue weighted by Crippen LogP contribution is -2.48. The van der Waals surface area contributed by atoms with E-state index < -0.39 is 0 Å². The average Bonchev–Trinajstić information content (AvgIpc) is 2.53. The first kappa shape index (κ1) is 20.7. The Bertz CT molecular complexity index is 397. The highest BCUT2D eigenvalue weighted by molar-refractivity contribution is 5.86. The minimum Gasteiger partial charge on any atom is -0.356 e. The van der Waals surface area contributed by atoms with Crippen LogP contribution in [0, 0.1) is 0 Å². The molecule has 0 aromatic heterocycles. The molecule has 0 radical (unpaired) electrons. The summed E-state index contributed by atoms with van der Waals surface area (Å²) in [4.78, 5) is 18.5. The van der Waals surface area contributed by atoms with Crippen LogP contribution in [0.25, 0.3) is 0 Å². The maximum Gasteiger partial charge on any atom is 0.239 e. The standard InChI is InChI=1S/C18H37N5O/c1-18(2,3)22-16(24)14-21-17(19-4)20-12-9-13-23(5)15-10-7-6-8-11-15/h15H,6-14H2,1-5H3,(H,22,24)(H2,19,20,21). The Balaban J connectivity index is 2.16. The van der Waals surface area contributed by atoms with Gasteiger partial charge in [0.25, 0.3) is 0 Å². The zero-order valence-corrected chi connectivity index (χ0v) is 16.2. The Morgan fingerprint density at radius 2 is 1.83 bits per heavy atom. The summed E-state index contributed by atoms with van der Waals surface area (Å²) in [7, 11) is 3.96. The van der Waals surface area contributed by atoms with E-state index in [-0.39, 0.29) is 18.0 Å². The third-order valence-corrected chi connectivity index (χ3v) is 4.33. The quantitative estimate of drug-likeness (QED) is 0.375. The van der Waals surface area contributed by atoms with Gasteiger partial charge in [-0.1, -0.05) is 19.3 Å². The highest BCUT2D eigenvalue weighted by atomic mass is 16.2. The van der Waals surface area contributed by atoms with Crippen molar-refractivity contribution in [2.45, 2.75) is 70.9 Å². The molecule has 0 heterocycles. The maximum atomic E-state index is 11.8. The van der Waals surface area contributed by atoms with Crippen molar-refractivity contribution in [2.24, 2.45) is 4.99 Å². The first-order chi connectivity index (χ1) is 11.3. The summed E-state index contributed by atoms with van der Waals surface area (Å²) in [6, 6.07) is 0.761. The summed E-state index contributed by atoms with van der Waals surface area (Å²) in [6.45, 7) is 8.11. The van der Waals surface area contributed by atoms with Gasteiger partial charge in [-0.3, -0.25) is 9.79 Å². The highest BCUT2D eigenvalue weighted by Gasteiger charge is 2.17. The molecule has 0 aromatic carbocycles. The van der Waals surface area contributed by atoms with Crippen LogP contribution in [-0.4, -0.2) is 62.1 Å². The molecular formula is C18H37N5O. The smallest absolute Gasteiger partial charge is 0.239 e. The molecule has 6 heteroatoms. The summed E-state index contributed by atoms with van der Waals surface area (Å²) in [5.74, 6) is 0.655. The molecule has 0 aromatic rings. The van der Waals surface area contributed by atoms with Crippen LogP contribution >= 0.6 is 0 Å². The van der Waals surface area contributed by atoms with Crippen LogP contribution in [0.4, 0.5) is 0 Å². The maximum absolute atomic E-state index is 11.8. The number of aliphatic imine (C=N–C) groups is 1. The van der Waals surface area contributed by atoms with Crippen LogP contribution in [-0.2, 0) is 4.79 Å². The molecule has 6 nitrogen and oxygen atoms in total. The predicted molar refractivity (Wildman–Crippen MR) is 101 cm³/mol. The number of amides is 1. The van der Waals surface area contributed by atoms with Gasteiger partial charge >= 0.3 is 0 Å². The molecule has 0 bridgehead atoms. The second-order valence-electron chi connectivity index (χ2n) is 7.78. The third-order valence-electron chi connectivity index (χ3n) is 4.33. The monoisotopic (exact) mass is 339 g/mol. The van der Waals surface area contributed by atoms with E-state index >= 15 is 0 Å². The Morgan fingerprint density at radius 1 is 1.17 bits per heavy atom. The van der Waals surface area contributed by atoms with E-state index in [0.29, 0.717) is 5.96 Å². The second kappa shape index (κ2) is 10.5. The summed E-state index contributed by atoms with van der Waals surface area (Å²) >= 11 is 0. The van der Waals surface area contributed by atoms with E-state index in [1.54, 1.807) is 7.05 Å². The number of hydrogen-bond donors (Lipinski definition) is 3. The van der Waals surface area contributed by atoms with Crippen LogP contribution in [0.5, 0.6) is 0 Å². The molecule has 1 aliphatic rings. The van der Waals surface area contributed by atoms with Gasteiger partial charge in [0.05, 0.1) is 6.54 Å². The SMILES string of the molecule is CN=C(NCCCN(C)C1CCCCC1)NCC(=O)NC(C)(C)C. The molecule has 140 valence electrons. The van der Waals surface area contributed by atoms with E-state index in [1.165, 1.54) is 32.1 Å².